The zero-order valence-electron chi connectivity index (χ0n) is 11.8. The highest BCUT2D eigenvalue weighted by Crippen LogP contribution is 2.24. The molecule has 2 aromatic carbocycles. The van der Waals surface area contributed by atoms with Crippen LogP contribution in [0.2, 0.25) is 5.02 Å². The van der Waals surface area contributed by atoms with Crippen LogP contribution in [0.5, 0.6) is 5.75 Å². The summed E-state index contributed by atoms with van der Waals surface area (Å²) in [7, 11) is 3.28. The number of nitrogens with one attached hydrogen (secondary N) is 1. The van der Waals surface area contributed by atoms with Gasteiger partial charge in [0.15, 0.2) is 0 Å². The van der Waals surface area contributed by atoms with Crippen molar-refractivity contribution in [3.63, 3.8) is 0 Å². The van der Waals surface area contributed by atoms with E-state index in [0.29, 0.717) is 16.3 Å². The number of hydrogen-bond acceptors (Lipinski definition) is 4. The summed E-state index contributed by atoms with van der Waals surface area (Å²) in [5.74, 6) is 5.95. The molecule has 0 bridgehead atoms. The number of halogens is 1. The van der Waals surface area contributed by atoms with Crippen molar-refractivity contribution in [1.82, 2.24) is 0 Å². The standard InChI is InChI=1S/C15H16ClN3O2/c1-19(11-4-6-12(21-2)7-5-11)15(20)13-9-10(16)3-8-14(13)18-17/h3-9,18H,17H2,1-2H3. The number of nitrogen functional groups attached to an aromatic ring is 1. The lowest BCUT2D eigenvalue weighted by Crippen LogP contribution is -2.27. The maximum absolute atomic E-state index is 12.6. The van der Waals surface area contributed by atoms with Crippen molar-refractivity contribution in [2.24, 2.45) is 5.84 Å². The van der Waals surface area contributed by atoms with Crippen LogP contribution in [-0.4, -0.2) is 20.1 Å². The Morgan fingerprint density at radius 3 is 2.48 bits per heavy atom. The Labute approximate surface area is 128 Å². The van der Waals surface area contributed by atoms with Crippen molar-refractivity contribution in [3.8, 4) is 5.75 Å². The average Bonchev–Trinajstić information content (AvgIpc) is 2.53. The van der Waals surface area contributed by atoms with Crippen LogP contribution in [0.1, 0.15) is 10.4 Å². The number of anilines is 2. The lowest BCUT2D eigenvalue weighted by Gasteiger charge is -2.19. The summed E-state index contributed by atoms with van der Waals surface area (Å²) < 4.78 is 5.10. The maximum Gasteiger partial charge on any atom is 0.260 e. The Bertz CT molecular complexity index is 644. The largest absolute Gasteiger partial charge is 0.497 e. The predicted molar refractivity (Wildman–Crippen MR) is 85.0 cm³/mol. The lowest BCUT2D eigenvalue weighted by molar-refractivity contribution is 0.0993. The van der Waals surface area contributed by atoms with E-state index in [-0.39, 0.29) is 5.91 Å². The van der Waals surface area contributed by atoms with Gasteiger partial charge in [-0.2, -0.15) is 0 Å². The lowest BCUT2D eigenvalue weighted by atomic mass is 10.1. The van der Waals surface area contributed by atoms with Gasteiger partial charge in [0.2, 0.25) is 0 Å². The molecule has 0 radical (unpaired) electrons. The first-order valence-corrected chi connectivity index (χ1v) is 6.63. The molecule has 21 heavy (non-hydrogen) atoms. The zero-order valence-corrected chi connectivity index (χ0v) is 12.5. The van der Waals surface area contributed by atoms with Crippen LogP contribution in [0.25, 0.3) is 0 Å². The van der Waals surface area contributed by atoms with Gasteiger partial charge in [-0.3, -0.25) is 10.6 Å². The van der Waals surface area contributed by atoms with E-state index in [1.54, 1.807) is 56.6 Å². The van der Waals surface area contributed by atoms with Crippen molar-refractivity contribution < 1.29 is 9.53 Å². The quantitative estimate of drug-likeness (QED) is 0.673. The molecule has 0 aliphatic carbocycles. The molecule has 3 N–H and O–H groups in total. The molecule has 6 heteroatoms. The van der Waals surface area contributed by atoms with Gasteiger partial charge in [0.25, 0.3) is 5.91 Å². The minimum Gasteiger partial charge on any atom is -0.497 e. The van der Waals surface area contributed by atoms with Crippen molar-refractivity contribution >= 4 is 28.9 Å². The average molecular weight is 306 g/mol. The number of nitrogens with two attached hydrogens (primary N) is 1. The molecular weight excluding hydrogens is 290 g/mol. The fourth-order valence-corrected chi connectivity index (χ4v) is 2.10. The fraction of sp³-hybridized carbons (Fsp3) is 0.133. The number of rotatable bonds is 4. The van der Waals surface area contributed by atoms with Gasteiger partial charge in [0.1, 0.15) is 5.75 Å². The zero-order chi connectivity index (χ0) is 15.4. The van der Waals surface area contributed by atoms with Crippen LogP contribution in [-0.2, 0) is 0 Å². The molecular formula is C15H16ClN3O2. The molecule has 0 aliphatic rings. The summed E-state index contributed by atoms with van der Waals surface area (Å²) in [5, 5.41) is 0.473. The van der Waals surface area contributed by atoms with Gasteiger partial charge in [-0.15, -0.1) is 0 Å². The second-order valence-electron chi connectivity index (χ2n) is 4.40. The molecule has 0 saturated heterocycles. The van der Waals surface area contributed by atoms with Crippen LogP contribution in [0.3, 0.4) is 0 Å². The number of hydrogen-bond donors (Lipinski definition) is 2. The second-order valence-corrected chi connectivity index (χ2v) is 4.83. The van der Waals surface area contributed by atoms with E-state index in [9.17, 15) is 4.79 Å². The third kappa shape index (κ3) is 3.26. The Hall–Kier alpha value is -2.24. The molecule has 0 spiro atoms. The van der Waals surface area contributed by atoms with Crippen LogP contribution >= 0.6 is 11.6 Å². The van der Waals surface area contributed by atoms with Gasteiger partial charge in [-0.1, -0.05) is 11.6 Å². The molecule has 0 heterocycles. The van der Waals surface area contributed by atoms with E-state index >= 15 is 0 Å². The third-order valence-electron chi connectivity index (χ3n) is 3.13. The van der Waals surface area contributed by atoms with Crippen molar-refractivity contribution in [1.29, 1.82) is 0 Å². The molecule has 0 atom stereocenters. The van der Waals surface area contributed by atoms with Crippen molar-refractivity contribution in [3.05, 3.63) is 53.1 Å². The van der Waals surface area contributed by atoms with Crippen LogP contribution in [0.15, 0.2) is 42.5 Å². The second kappa shape index (κ2) is 6.47. The monoisotopic (exact) mass is 305 g/mol. The SMILES string of the molecule is COc1ccc(N(C)C(=O)c2cc(Cl)ccc2NN)cc1. The van der Waals surface area contributed by atoms with Crippen LogP contribution in [0.4, 0.5) is 11.4 Å². The molecule has 110 valence electrons. The molecule has 0 fully saturated rings. The number of ether oxygens (including phenoxy) is 1. The number of benzene rings is 2. The highest BCUT2D eigenvalue weighted by Gasteiger charge is 2.17. The van der Waals surface area contributed by atoms with E-state index in [2.05, 4.69) is 5.43 Å². The fourth-order valence-electron chi connectivity index (χ4n) is 1.92. The highest BCUT2D eigenvalue weighted by molar-refractivity contribution is 6.31. The number of nitrogens with zero attached hydrogens (tertiary/aromatic N) is 1. The smallest absolute Gasteiger partial charge is 0.260 e. The van der Waals surface area contributed by atoms with Crippen LogP contribution in [0, 0.1) is 0 Å². The van der Waals surface area contributed by atoms with E-state index in [1.165, 1.54) is 4.90 Å². The Morgan fingerprint density at radius 2 is 1.90 bits per heavy atom. The minimum absolute atomic E-state index is 0.212. The van der Waals surface area contributed by atoms with E-state index in [0.717, 1.165) is 11.4 Å². The molecule has 0 aliphatic heterocycles. The summed E-state index contributed by atoms with van der Waals surface area (Å²) >= 11 is 5.95. The first-order valence-electron chi connectivity index (χ1n) is 6.25. The minimum atomic E-state index is -0.212. The number of methoxy groups -OCH3 is 1. The van der Waals surface area contributed by atoms with E-state index in [4.69, 9.17) is 22.2 Å². The Kier molecular flexibility index (Phi) is 4.67. The predicted octanol–water partition coefficient (Wildman–Crippen LogP) is 2.91. The van der Waals surface area contributed by atoms with Gasteiger partial charge in [-0.25, -0.2) is 0 Å². The maximum atomic E-state index is 12.6. The molecule has 2 rings (SSSR count). The van der Waals surface area contributed by atoms with E-state index < -0.39 is 0 Å². The summed E-state index contributed by atoms with van der Waals surface area (Å²) in [6, 6.07) is 12.1. The number of hydrazine groups is 1. The van der Waals surface area contributed by atoms with Crippen LogP contribution < -0.4 is 20.9 Å². The van der Waals surface area contributed by atoms with Crippen molar-refractivity contribution in [2.45, 2.75) is 0 Å². The van der Waals surface area contributed by atoms with Gasteiger partial charge in [0.05, 0.1) is 18.4 Å². The number of carbonyl (C=O) groups is 1. The first kappa shape index (κ1) is 15.2. The molecule has 0 unspecified atom stereocenters. The number of carbonyl (C=O) groups excluding carboxylic acids is 1. The summed E-state index contributed by atoms with van der Waals surface area (Å²) in [4.78, 5) is 14.1. The normalized spacial score (nSPS) is 10.1. The molecule has 1 amide bonds. The molecule has 0 saturated carbocycles. The highest BCUT2D eigenvalue weighted by atomic mass is 35.5. The first-order chi connectivity index (χ1) is 10.1. The molecule has 2 aromatic rings. The summed E-state index contributed by atoms with van der Waals surface area (Å²) in [6.45, 7) is 0. The summed E-state index contributed by atoms with van der Waals surface area (Å²) in [6.07, 6.45) is 0. The van der Waals surface area contributed by atoms with Gasteiger partial charge < -0.3 is 15.1 Å². The van der Waals surface area contributed by atoms with Gasteiger partial charge >= 0.3 is 0 Å². The van der Waals surface area contributed by atoms with Crippen molar-refractivity contribution in [2.75, 3.05) is 24.5 Å². The van der Waals surface area contributed by atoms with E-state index in [1.807, 2.05) is 0 Å². The van der Waals surface area contributed by atoms with Gasteiger partial charge in [-0.05, 0) is 42.5 Å². The third-order valence-corrected chi connectivity index (χ3v) is 3.37. The van der Waals surface area contributed by atoms with Gasteiger partial charge in [0, 0.05) is 17.8 Å². The molecule has 5 nitrogen and oxygen atoms in total. The Morgan fingerprint density at radius 1 is 1.24 bits per heavy atom. The summed E-state index contributed by atoms with van der Waals surface area (Å²) in [5.41, 5.74) is 4.17. The topological polar surface area (TPSA) is 67.6 Å². The number of amides is 1. The molecule has 0 aromatic heterocycles. The Balaban J connectivity index is 2.32.